The number of anilines is 2. The number of pyridine rings is 1. The third-order valence-electron chi connectivity index (χ3n) is 4.84. The first kappa shape index (κ1) is 14.1. The Bertz CT molecular complexity index is 740. The van der Waals surface area contributed by atoms with Crippen molar-refractivity contribution in [3.63, 3.8) is 0 Å². The van der Waals surface area contributed by atoms with Gasteiger partial charge in [0, 0.05) is 36.2 Å². The van der Waals surface area contributed by atoms with E-state index >= 15 is 0 Å². The van der Waals surface area contributed by atoms with Crippen molar-refractivity contribution in [2.75, 3.05) is 10.2 Å². The van der Waals surface area contributed by atoms with Gasteiger partial charge in [0.2, 0.25) is 5.91 Å². The number of hydrogen-bond acceptors (Lipinski definition) is 5. The third-order valence-corrected chi connectivity index (χ3v) is 4.84. The van der Waals surface area contributed by atoms with E-state index in [0.717, 1.165) is 30.0 Å². The highest BCUT2D eigenvalue weighted by Gasteiger charge is 2.50. The summed E-state index contributed by atoms with van der Waals surface area (Å²) in [4.78, 5) is 27.5. The molecule has 0 unspecified atom stereocenters. The van der Waals surface area contributed by atoms with Crippen molar-refractivity contribution in [3.05, 3.63) is 42.5 Å². The van der Waals surface area contributed by atoms with Gasteiger partial charge in [-0.25, -0.2) is 9.97 Å². The smallest absolute Gasteiger partial charge is 0.238 e. The summed E-state index contributed by atoms with van der Waals surface area (Å²) in [6.45, 7) is 3.95. The van der Waals surface area contributed by atoms with Crippen LogP contribution in [-0.2, 0) is 10.2 Å². The molecular formula is C17H19N5O. The van der Waals surface area contributed by atoms with Crippen LogP contribution in [0.15, 0.2) is 36.9 Å². The average molecular weight is 309 g/mol. The molecule has 0 saturated heterocycles. The van der Waals surface area contributed by atoms with Gasteiger partial charge in [-0.3, -0.25) is 14.7 Å². The molecule has 0 atom stereocenters. The summed E-state index contributed by atoms with van der Waals surface area (Å²) in [5, 5.41) is 3.36. The number of nitrogens with zero attached hydrogens (tertiary/aromatic N) is 4. The number of nitrogens with one attached hydrogen (secondary N) is 1. The van der Waals surface area contributed by atoms with Crippen LogP contribution in [0, 0.1) is 0 Å². The Morgan fingerprint density at radius 1 is 1.22 bits per heavy atom. The number of rotatable bonds is 3. The van der Waals surface area contributed by atoms with E-state index in [2.05, 4.69) is 20.3 Å². The topological polar surface area (TPSA) is 71.0 Å². The SMILES string of the molecule is CC1(C)C(=O)N(C2CC(Nc3cnccn3)C2)c2ncccc21. The molecule has 1 saturated carbocycles. The molecule has 3 heterocycles. The summed E-state index contributed by atoms with van der Waals surface area (Å²) >= 11 is 0. The Hall–Kier alpha value is -2.50. The predicted molar refractivity (Wildman–Crippen MR) is 87.2 cm³/mol. The lowest BCUT2D eigenvalue weighted by atomic mass is 9.84. The fourth-order valence-corrected chi connectivity index (χ4v) is 3.43. The van der Waals surface area contributed by atoms with Gasteiger partial charge in [-0.2, -0.15) is 0 Å². The molecule has 1 amide bonds. The highest BCUT2D eigenvalue weighted by Crippen LogP contribution is 2.44. The zero-order valence-corrected chi connectivity index (χ0v) is 13.2. The van der Waals surface area contributed by atoms with Gasteiger partial charge in [-0.05, 0) is 32.8 Å². The van der Waals surface area contributed by atoms with Gasteiger partial charge in [-0.1, -0.05) is 6.07 Å². The van der Waals surface area contributed by atoms with Crippen molar-refractivity contribution in [2.45, 2.75) is 44.2 Å². The van der Waals surface area contributed by atoms with Crippen LogP contribution in [0.3, 0.4) is 0 Å². The molecule has 1 N–H and O–H groups in total. The highest BCUT2D eigenvalue weighted by atomic mass is 16.2. The van der Waals surface area contributed by atoms with Crippen LogP contribution < -0.4 is 10.2 Å². The predicted octanol–water partition coefficient (Wildman–Crippen LogP) is 2.14. The van der Waals surface area contributed by atoms with Crippen molar-refractivity contribution >= 4 is 17.5 Å². The van der Waals surface area contributed by atoms with Gasteiger partial charge in [0.25, 0.3) is 0 Å². The second kappa shape index (κ2) is 5.01. The van der Waals surface area contributed by atoms with E-state index in [1.54, 1.807) is 24.8 Å². The van der Waals surface area contributed by atoms with Crippen LogP contribution in [-0.4, -0.2) is 32.9 Å². The summed E-state index contributed by atoms with van der Waals surface area (Å²) in [6, 6.07) is 4.43. The maximum absolute atomic E-state index is 12.8. The summed E-state index contributed by atoms with van der Waals surface area (Å²) in [5.41, 5.74) is 0.530. The second-order valence-electron chi connectivity index (χ2n) is 6.73. The molecule has 1 fully saturated rings. The van der Waals surface area contributed by atoms with E-state index in [1.165, 1.54) is 0 Å². The first-order valence-electron chi connectivity index (χ1n) is 7.89. The quantitative estimate of drug-likeness (QED) is 0.940. The molecule has 0 bridgehead atoms. The highest BCUT2D eigenvalue weighted by molar-refractivity contribution is 6.07. The fraction of sp³-hybridized carbons (Fsp3) is 0.412. The Labute approximate surface area is 135 Å². The van der Waals surface area contributed by atoms with E-state index < -0.39 is 5.41 Å². The minimum absolute atomic E-state index is 0.147. The van der Waals surface area contributed by atoms with Crippen LogP contribution in [0.2, 0.25) is 0 Å². The zero-order chi connectivity index (χ0) is 16.0. The Kier molecular flexibility index (Phi) is 3.07. The number of fused-ring (bicyclic) bond motifs is 1. The van der Waals surface area contributed by atoms with Gasteiger partial charge < -0.3 is 5.32 Å². The maximum Gasteiger partial charge on any atom is 0.238 e. The van der Waals surface area contributed by atoms with E-state index in [9.17, 15) is 4.79 Å². The summed E-state index contributed by atoms with van der Waals surface area (Å²) in [6.07, 6.45) is 8.60. The minimum Gasteiger partial charge on any atom is -0.366 e. The van der Waals surface area contributed by atoms with E-state index in [0.29, 0.717) is 6.04 Å². The molecule has 0 spiro atoms. The van der Waals surface area contributed by atoms with Crippen LogP contribution in [0.5, 0.6) is 0 Å². The van der Waals surface area contributed by atoms with Gasteiger partial charge >= 0.3 is 0 Å². The van der Waals surface area contributed by atoms with Crippen molar-refractivity contribution in [1.29, 1.82) is 0 Å². The van der Waals surface area contributed by atoms with Crippen LogP contribution in [0.1, 0.15) is 32.3 Å². The standard InChI is InChI=1S/C17H19N5O/c1-17(2)13-4-3-5-20-15(13)22(16(17)23)12-8-11(9-12)21-14-10-18-6-7-19-14/h3-7,10-12H,8-9H2,1-2H3,(H,19,21). The van der Waals surface area contributed by atoms with Crippen molar-refractivity contribution in [1.82, 2.24) is 15.0 Å². The number of amides is 1. The minimum atomic E-state index is -0.493. The van der Waals surface area contributed by atoms with Gasteiger partial charge in [0.05, 0.1) is 11.6 Å². The molecule has 118 valence electrons. The van der Waals surface area contributed by atoms with Crippen molar-refractivity contribution < 1.29 is 4.79 Å². The zero-order valence-electron chi connectivity index (χ0n) is 13.2. The molecule has 6 heteroatoms. The molecular weight excluding hydrogens is 290 g/mol. The molecule has 2 aromatic rings. The summed E-state index contributed by atoms with van der Waals surface area (Å²) in [5.74, 6) is 1.75. The van der Waals surface area contributed by atoms with Crippen LogP contribution in [0.25, 0.3) is 0 Å². The lowest BCUT2D eigenvalue weighted by Crippen LogP contribution is -2.53. The Balaban J connectivity index is 1.50. The molecule has 0 radical (unpaired) electrons. The molecule has 2 aliphatic rings. The first-order chi connectivity index (χ1) is 11.1. The molecule has 2 aromatic heterocycles. The van der Waals surface area contributed by atoms with E-state index in [4.69, 9.17) is 0 Å². The summed E-state index contributed by atoms with van der Waals surface area (Å²) < 4.78 is 0. The maximum atomic E-state index is 12.8. The fourth-order valence-electron chi connectivity index (χ4n) is 3.43. The number of aromatic nitrogens is 3. The molecule has 23 heavy (non-hydrogen) atoms. The van der Waals surface area contributed by atoms with Gasteiger partial charge in [0.15, 0.2) is 0 Å². The lowest BCUT2D eigenvalue weighted by Gasteiger charge is -2.41. The monoisotopic (exact) mass is 309 g/mol. The number of carbonyl (C=O) groups is 1. The van der Waals surface area contributed by atoms with Crippen molar-refractivity contribution in [2.24, 2.45) is 0 Å². The second-order valence-corrected chi connectivity index (χ2v) is 6.73. The number of hydrogen-bond donors (Lipinski definition) is 1. The van der Waals surface area contributed by atoms with Crippen LogP contribution >= 0.6 is 0 Å². The van der Waals surface area contributed by atoms with Gasteiger partial charge in [-0.15, -0.1) is 0 Å². The average Bonchev–Trinajstić information content (AvgIpc) is 2.72. The summed E-state index contributed by atoms with van der Waals surface area (Å²) in [7, 11) is 0. The Morgan fingerprint density at radius 3 is 2.78 bits per heavy atom. The van der Waals surface area contributed by atoms with Gasteiger partial charge in [0.1, 0.15) is 11.6 Å². The molecule has 1 aliphatic carbocycles. The van der Waals surface area contributed by atoms with E-state index in [-0.39, 0.29) is 11.9 Å². The van der Waals surface area contributed by atoms with Crippen molar-refractivity contribution in [3.8, 4) is 0 Å². The third kappa shape index (κ3) is 2.17. The molecule has 0 aromatic carbocycles. The van der Waals surface area contributed by atoms with Crippen LogP contribution in [0.4, 0.5) is 11.6 Å². The molecule has 1 aliphatic heterocycles. The van der Waals surface area contributed by atoms with E-state index in [1.807, 2.05) is 30.9 Å². The lowest BCUT2D eigenvalue weighted by molar-refractivity contribution is -0.122. The molecule has 4 rings (SSSR count). The largest absolute Gasteiger partial charge is 0.366 e. The normalized spacial score (nSPS) is 25.0. The Morgan fingerprint density at radius 2 is 2.04 bits per heavy atom. The molecule has 6 nitrogen and oxygen atoms in total. The number of carbonyl (C=O) groups excluding carboxylic acids is 1. The first-order valence-corrected chi connectivity index (χ1v) is 7.89.